The highest BCUT2D eigenvalue weighted by Crippen LogP contribution is 2.24. The standard InChI is InChI=1S/C14H17Cl2NO2/c1-9(13-6-3-7-19-13)17-14(18)8-10-11(15)4-2-5-12(10)16/h2,4-5,9,13H,3,6-8H2,1H3,(H,17,18). The molecule has 0 saturated carbocycles. The molecule has 1 heterocycles. The van der Waals surface area contributed by atoms with Crippen molar-refractivity contribution >= 4 is 29.1 Å². The van der Waals surface area contributed by atoms with Crippen LogP contribution < -0.4 is 5.32 Å². The van der Waals surface area contributed by atoms with E-state index in [9.17, 15) is 4.79 Å². The van der Waals surface area contributed by atoms with E-state index in [1.54, 1.807) is 18.2 Å². The average molecular weight is 302 g/mol. The average Bonchev–Trinajstić information content (AvgIpc) is 2.88. The molecule has 1 aliphatic rings. The van der Waals surface area contributed by atoms with Gasteiger partial charge in [0.1, 0.15) is 0 Å². The van der Waals surface area contributed by atoms with Crippen molar-refractivity contribution in [1.82, 2.24) is 5.32 Å². The second kappa shape index (κ2) is 6.60. The molecule has 104 valence electrons. The van der Waals surface area contributed by atoms with Gasteiger partial charge in [-0.15, -0.1) is 0 Å². The molecule has 2 rings (SSSR count). The van der Waals surface area contributed by atoms with E-state index in [1.807, 2.05) is 6.92 Å². The molecule has 0 radical (unpaired) electrons. The van der Waals surface area contributed by atoms with Crippen molar-refractivity contribution in [2.24, 2.45) is 0 Å². The molecule has 1 saturated heterocycles. The zero-order valence-corrected chi connectivity index (χ0v) is 12.3. The van der Waals surface area contributed by atoms with E-state index in [2.05, 4.69) is 5.32 Å². The summed E-state index contributed by atoms with van der Waals surface area (Å²) in [4.78, 5) is 12.0. The molecule has 0 spiro atoms. The Hall–Kier alpha value is -0.770. The number of ether oxygens (including phenoxy) is 1. The molecule has 0 aliphatic carbocycles. The fraction of sp³-hybridized carbons (Fsp3) is 0.500. The van der Waals surface area contributed by atoms with E-state index in [1.165, 1.54) is 0 Å². The summed E-state index contributed by atoms with van der Waals surface area (Å²) in [5.74, 6) is -0.0852. The number of carbonyl (C=O) groups is 1. The summed E-state index contributed by atoms with van der Waals surface area (Å²) in [6.45, 7) is 2.74. The van der Waals surface area contributed by atoms with Crippen LogP contribution in [0.15, 0.2) is 18.2 Å². The van der Waals surface area contributed by atoms with Crippen molar-refractivity contribution in [3.05, 3.63) is 33.8 Å². The van der Waals surface area contributed by atoms with Crippen LogP contribution in [0, 0.1) is 0 Å². The highest BCUT2D eigenvalue weighted by molar-refractivity contribution is 6.36. The predicted molar refractivity (Wildman–Crippen MR) is 76.7 cm³/mol. The summed E-state index contributed by atoms with van der Waals surface area (Å²) in [7, 11) is 0. The van der Waals surface area contributed by atoms with Crippen molar-refractivity contribution in [1.29, 1.82) is 0 Å². The maximum atomic E-state index is 12.0. The molecule has 19 heavy (non-hydrogen) atoms. The number of benzene rings is 1. The Morgan fingerprint density at radius 1 is 1.47 bits per heavy atom. The van der Waals surface area contributed by atoms with Gasteiger partial charge >= 0.3 is 0 Å². The number of hydrogen-bond acceptors (Lipinski definition) is 2. The second-order valence-corrected chi connectivity index (χ2v) is 5.60. The maximum absolute atomic E-state index is 12.0. The van der Waals surface area contributed by atoms with E-state index in [-0.39, 0.29) is 24.5 Å². The quantitative estimate of drug-likeness (QED) is 0.927. The minimum atomic E-state index is -0.0852. The zero-order chi connectivity index (χ0) is 13.8. The Bertz CT molecular complexity index is 439. The molecule has 1 aliphatic heterocycles. The molecule has 1 aromatic rings. The topological polar surface area (TPSA) is 38.3 Å². The Labute approximate surface area is 123 Å². The number of rotatable bonds is 4. The second-order valence-electron chi connectivity index (χ2n) is 4.78. The van der Waals surface area contributed by atoms with Crippen LogP contribution in [-0.4, -0.2) is 24.7 Å². The summed E-state index contributed by atoms with van der Waals surface area (Å²) < 4.78 is 5.55. The highest BCUT2D eigenvalue weighted by atomic mass is 35.5. The molecule has 1 amide bonds. The van der Waals surface area contributed by atoms with Gasteiger partial charge in [-0.2, -0.15) is 0 Å². The first-order chi connectivity index (χ1) is 9.08. The molecule has 0 bridgehead atoms. The van der Waals surface area contributed by atoms with Gasteiger partial charge in [-0.1, -0.05) is 29.3 Å². The van der Waals surface area contributed by atoms with Gasteiger partial charge in [-0.25, -0.2) is 0 Å². The first-order valence-corrected chi connectivity index (χ1v) is 7.17. The fourth-order valence-corrected chi connectivity index (χ4v) is 2.79. The summed E-state index contributed by atoms with van der Waals surface area (Å²) in [5, 5.41) is 3.99. The van der Waals surface area contributed by atoms with Gasteiger partial charge in [0.15, 0.2) is 0 Å². The lowest BCUT2D eigenvalue weighted by Gasteiger charge is -2.20. The van der Waals surface area contributed by atoms with Crippen LogP contribution in [-0.2, 0) is 16.0 Å². The largest absolute Gasteiger partial charge is 0.376 e. The molecule has 1 fully saturated rings. The van der Waals surface area contributed by atoms with Crippen molar-refractivity contribution in [3.63, 3.8) is 0 Å². The lowest BCUT2D eigenvalue weighted by atomic mass is 10.1. The van der Waals surface area contributed by atoms with E-state index >= 15 is 0 Å². The van der Waals surface area contributed by atoms with Crippen LogP contribution in [0.4, 0.5) is 0 Å². The molecule has 2 unspecified atom stereocenters. The smallest absolute Gasteiger partial charge is 0.224 e. The lowest BCUT2D eigenvalue weighted by molar-refractivity contribution is -0.121. The van der Waals surface area contributed by atoms with Gasteiger partial charge < -0.3 is 10.1 Å². The summed E-state index contributed by atoms with van der Waals surface area (Å²) in [6, 6.07) is 5.25. The molecule has 1 N–H and O–H groups in total. The molecular weight excluding hydrogens is 285 g/mol. The third-order valence-electron chi connectivity index (χ3n) is 3.31. The molecular formula is C14H17Cl2NO2. The van der Waals surface area contributed by atoms with Crippen LogP contribution in [0.3, 0.4) is 0 Å². The highest BCUT2D eigenvalue weighted by Gasteiger charge is 2.24. The first-order valence-electron chi connectivity index (χ1n) is 6.42. The molecule has 3 nitrogen and oxygen atoms in total. The van der Waals surface area contributed by atoms with Crippen LogP contribution in [0.2, 0.25) is 10.0 Å². The van der Waals surface area contributed by atoms with E-state index in [0.29, 0.717) is 15.6 Å². The minimum Gasteiger partial charge on any atom is -0.376 e. The van der Waals surface area contributed by atoms with Crippen LogP contribution >= 0.6 is 23.2 Å². The van der Waals surface area contributed by atoms with Crippen molar-refractivity contribution in [3.8, 4) is 0 Å². The first kappa shape index (κ1) is 14.6. The zero-order valence-electron chi connectivity index (χ0n) is 10.8. The van der Waals surface area contributed by atoms with Gasteiger partial charge in [-0.05, 0) is 37.5 Å². The van der Waals surface area contributed by atoms with Crippen molar-refractivity contribution in [2.75, 3.05) is 6.61 Å². The fourth-order valence-electron chi connectivity index (χ4n) is 2.26. The van der Waals surface area contributed by atoms with Gasteiger partial charge in [-0.3, -0.25) is 4.79 Å². The van der Waals surface area contributed by atoms with E-state index < -0.39 is 0 Å². The maximum Gasteiger partial charge on any atom is 0.224 e. The van der Waals surface area contributed by atoms with Crippen molar-refractivity contribution < 1.29 is 9.53 Å². The van der Waals surface area contributed by atoms with Crippen LogP contribution in [0.25, 0.3) is 0 Å². The van der Waals surface area contributed by atoms with Gasteiger partial charge in [0.2, 0.25) is 5.91 Å². The Morgan fingerprint density at radius 3 is 2.74 bits per heavy atom. The SMILES string of the molecule is CC(NC(=O)Cc1c(Cl)cccc1Cl)C1CCCO1. The summed E-state index contributed by atoms with van der Waals surface area (Å²) in [5.41, 5.74) is 0.669. The van der Waals surface area contributed by atoms with Crippen LogP contribution in [0.5, 0.6) is 0 Å². The number of amides is 1. The molecule has 0 aromatic heterocycles. The minimum absolute atomic E-state index is 0.0104. The number of hydrogen-bond donors (Lipinski definition) is 1. The Balaban J connectivity index is 1.93. The monoisotopic (exact) mass is 301 g/mol. The van der Waals surface area contributed by atoms with Crippen LogP contribution in [0.1, 0.15) is 25.3 Å². The van der Waals surface area contributed by atoms with Crippen molar-refractivity contribution in [2.45, 2.75) is 38.3 Å². The summed E-state index contributed by atoms with van der Waals surface area (Å²) in [6.07, 6.45) is 2.36. The van der Waals surface area contributed by atoms with Gasteiger partial charge in [0.05, 0.1) is 18.6 Å². The lowest BCUT2D eigenvalue weighted by Crippen LogP contribution is -2.41. The Kier molecular flexibility index (Phi) is 5.08. The normalized spacial score (nSPS) is 20.3. The number of carbonyl (C=O) groups excluding carboxylic acids is 1. The van der Waals surface area contributed by atoms with E-state index in [0.717, 1.165) is 19.4 Å². The Morgan fingerprint density at radius 2 is 2.16 bits per heavy atom. The van der Waals surface area contributed by atoms with Gasteiger partial charge in [0, 0.05) is 16.7 Å². The third kappa shape index (κ3) is 3.85. The molecule has 1 aromatic carbocycles. The molecule has 5 heteroatoms. The third-order valence-corrected chi connectivity index (χ3v) is 4.02. The summed E-state index contributed by atoms with van der Waals surface area (Å²) >= 11 is 12.1. The van der Waals surface area contributed by atoms with E-state index in [4.69, 9.17) is 27.9 Å². The number of halogens is 2. The van der Waals surface area contributed by atoms with Gasteiger partial charge in [0.25, 0.3) is 0 Å². The predicted octanol–water partition coefficient (Wildman–Crippen LogP) is 3.22. The molecule has 2 atom stereocenters. The number of nitrogens with one attached hydrogen (secondary N) is 1.